The van der Waals surface area contributed by atoms with E-state index in [0.29, 0.717) is 28.9 Å². The van der Waals surface area contributed by atoms with E-state index in [4.69, 9.17) is 4.74 Å². The predicted octanol–water partition coefficient (Wildman–Crippen LogP) is 2.94. The number of amides is 1. The van der Waals surface area contributed by atoms with Crippen LogP contribution in [0.5, 0.6) is 0 Å². The molecule has 0 saturated heterocycles. The Morgan fingerprint density at radius 2 is 2.10 bits per heavy atom. The van der Waals surface area contributed by atoms with Gasteiger partial charge in [-0.15, -0.1) is 0 Å². The number of anilines is 3. The molecular weight excluding hydrogens is 380 g/mol. The van der Waals surface area contributed by atoms with Gasteiger partial charge in [-0.05, 0) is 43.4 Å². The predicted molar refractivity (Wildman–Crippen MR) is 105 cm³/mol. The van der Waals surface area contributed by atoms with Crippen molar-refractivity contribution in [1.82, 2.24) is 9.97 Å². The van der Waals surface area contributed by atoms with Crippen LogP contribution < -0.4 is 15.5 Å². The molecule has 0 bridgehead atoms. The first-order chi connectivity index (χ1) is 13.9. The summed E-state index contributed by atoms with van der Waals surface area (Å²) in [6, 6.07) is 3.53. The Morgan fingerprint density at radius 1 is 1.31 bits per heavy atom. The van der Waals surface area contributed by atoms with Gasteiger partial charge in [-0.3, -0.25) is 4.79 Å². The van der Waals surface area contributed by atoms with E-state index in [2.05, 4.69) is 20.6 Å². The van der Waals surface area contributed by atoms with Gasteiger partial charge in [0.15, 0.2) is 17.5 Å². The van der Waals surface area contributed by atoms with Crippen LogP contribution in [0.4, 0.5) is 26.2 Å². The van der Waals surface area contributed by atoms with Gasteiger partial charge in [0.1, 0.15) is 11.7 Å². The van der Waals surface area contributed by atoms with Crippen molar-refractivity contribution in [2.24, 2.45) is 5.92 Å². The zero-order valence-electron chi connectivity index (χ0n) is 16.3. The fourth-order valence-electron chi connectivity index (χ4n) is 3.47. The summed E-state index contributed by atoms with van der Waals surface area (Å²) in [7, 11) is 1.83. The Labute approximate surface area is 167 Å². The number of fused-ring (bicyclic) bond motifs is 1. The van der Waals surface area contributed by atoms with Crippen LogP contribution in [0.3, 0.4) is 0 Å². The van der Waals surface area contributed by atoms with E-state index in [-0.39, 0.29) is 24.7 Å². The number of hydrogen-bond donors (Lipinski definition) is 2. The second kappa shape index (κ2) is 7.90. The maximum atomic E-state index is 13.2. The van der Waals surface area contributed by atoms with E-state index in [1.54, 1.807) is 6.20 Å². The zero-order valence-corrected chi connectivity index (χ0v) is 16.3. The number of ether oxygens (including phenoxy) is 1. The van der Waals surface area contributed by atoms with Crippen molar-refractivity contribution in [1.29, 1.82) is 0 Å². The average molecular weight is 403 g/mol. The van der Waals surface area contributed by atoms with Gasteiger partial charge < -0.3 is 20.3 Å². The highest BCUT2D eigenvalue weighted by Gasteiger charge is 2.31. The maximum Gasteiger partial charge on any atom is 0.246 e. The molecule has 7 nitrogen and oxygen atoms in total. The van der Waals surface area contributed by atoms with Crippen molar-refractivity contribution in [3.05, 3.63) is 41.6 Å². The van der Waals surface area contributed by atoms with Crippen LogP contribution in [0, 0.1) is 17.6 Å². The Kier molecular flexibility index (Phi) is 5.31. The third kappa shape index (κ3) is 4.14. The molecular formula is C20H23F2N5O2. The number of halogens is 2. The number of rotatable bonds is 6. The third-order valence-corrected chi connectivity index (χ3v) is 5.53. The molecule has 4 rings (SSSR count). The topological polar surface area (TPSA) is 79.4 Å². The summed E-state index contributed by atoms with van der Waals surface area (Å²) in [4.78, 5) is 22.5. The summed E-state index contributed by atoms with van der Waals surface area (Å²) in [5.41, 5.74) is 1.23. The van der Waals surface area contributed by atoms with Crippen LogP contribution in [0.2, 0.25) is 0 Å². The zero-order chi connectivity index (χ0) is 20.5. The SMILES string of the molecule is C[C@H]1C(=O)Nc2cnc(NCC3CC(OCc4ccc(F)c(F)c4)C3)nc2N1C. The second-order valence-electron chi connectivity index (χ2n) is 7.61. The summed E-state index contributed by atoms with van der Waals surface area (Å²) in [6.45, 7) is 2.81. The van der Waals surface area contributed by atoms with Crippen LogP contribution in [-0.2, 0) is 16.1 Å². The number of carbonyl (C=O) groups excluding carboxylic acids is 1. The smallest absolute Gasteiger partial charge is 0.246 e. The highest BCUT2D eigenvalue weighted by molar-refractivity contribution is 6.02. The molecule has 2 aromatic rings. The van der Waals surface area contributed by atoms with Crippen LogP contribution in [-0.4, -0.2) is 41.6 Å². The summed E-state index contributed by atoms with van der Waals surface area (Å²) >= 11 is 0. The largest absolute Gasteiger partial charge is 0.374 e. The fraction of sp³-hybridized carbons (Fsp3) is 0.450. The van der Waals surface area contributed by atoms with E-state index in [0.717, 1.165) is 25.5 Å². The molecule has 154 valence electrons. The van der Waals surface area contributed by atoms with E-state index in [1.807, 2.05) is 18.9 Å². The van der Waals surface area contributed by atoms with Crippen molar-refractivity contribution in [2.45, 2.75) is 38.5 Å². The van der Waals surface area contributed by atoms with Gasteiger partial charge in [-0.25, -0.2) is 13.8 Å². The number of carbonyl (C=O) groups is 1. The highest BCUT2D eigenvalue weighted by Crippen LogP contribution is 2.32. The molecule has 2 aliphatic rings. The Bertz CT molecular complexity index is 920. The third-order valence-electron chi connectivity index (χ3n) is 5.53. The van der Waals surface area contributed by atoms with Crippen LogP contribution in [0.1, 0.15) is 25.3 Å². The molecule has 1 aromatic heterocycles. The molecule has 1 aromatic carbocycles. The van der Waals surface area contributed by atoms with Crippen molar-refractivity contribution in [3.8, 4) is 0 Å². The maximum absolute atomic E-state index is 13.2. The molecule has 2 N–H and O–H groups in total. The molecule has 0 spiro atoms. The van der Waals surface area contributed by atoms with Crippen LogP contribution in [0.25, 0.3) is 0 Å². The van der Waals surface area contributed by atoms with Crippen molar-refractivity contribution in [2.75, 3.05) is 29.1 Å². The normalized spacial score (nSPS) is 23.2. The number of hydrogen-bond acceptors (Lipinski definition) is 6. The fourth-order valence-corrected chi connectivity index (χ4v) is 3.47. The minimum atomic E-state index is -0.855. The minimum absolute atomic E-state index is 0.0757. The van der Waals surface area contributed by atoms with E-state index >= 15 is 0 Å². The van der Waals surface area contributed by atoms with Gasteiger partial charge >= 0.3 is 0 Å². The molecule has 0 unspecified atom stereocenters. The van der Waals surface area contributed by atoms with Crippen molar-refractivity contribution < 1.29 is 18.3 Å². The monoisotopic (exact) mass is 403 g/mol. The average Bonchev–Trinajstić information content (AvgIpc) is 2.67. The van der Waals surface area contributed by atoms with Gasteiger partial charge in [0.2, 0.25) is 11.9 Å². The molecule has 9 heteroatoms. The van der Waals surface area contributed by atoms with Crippen molar-refractivity contribution >= 4 is 23.4 Å². The van der Waals surface area contributed by atoms with Crippen LogP contribution in [0.15, 0.2) is 24.4 Å². The standard InChI is InChI=1S/C20H23F2N5O2/c1-11-19(28)25-17-9-24-20(26-18(17)27(11)2)23-8-13-5-14(6-13)29-10-12-3-4-15(21)16(22)7-12/h3-4,7,9,11,13-14H,5-6,8,10H2,1-2H3,(H,25,28)(H,23,24,26)/t11-,13?,14?/m0/s1. The molecule has 2 heterocycles. The van der Waals surface area contributed by atoms with E-state index in [1.165, 1.54) is 12.1 Å². The number of benzene rings is 1. The molecule has 1 atom stereocenters. The summed E-state index contributed by atoms with van der Waals surface area (Å²) in [5.74, 6) is -0.141. The van der Waals surface area contributed by atoms with Gasteiger partial charge in [0.25, 0.3) is 0 Å². The minimum Gasteiger partial charge on any atom is -0.374 e. The van der Waals surface area contributed by atoms with Gasteiger partial charge in [0.05, 0.1) is 18.9 Å². The lowest BCUT2D eigenvalue weighted by Gasteiger charge is -2.35. The Hall–Kier alpha value is -2.81. The highest BCUT2D eigenvalue weighted by atomic mass is 19.2. The molecule has 1 aliphatic carbocycles. The lowest BCUT2D eigenvalue weighted by atomic mass is 9.82. The van der Waals surface area contributed by atoms with Crippen molar-refractivity contribution in [3.63, 3.8) is 0 Å². The van der Waals surface area contributed by atoms with Gasteiger partial charge in [-0.2, -0.15) is 4.98 Å². The Morgan fingerprint density at radius 3 is 2.86 bits per heavy atom. The molecule has 1 amide bonds. The lowest BCUT2D eigenvalue weighted by molar-refractivity contribution is -0.117. The summed E-state index contributed by atoms with van der Waals surface area (Å²) in [5, 5.41) is 6.04. The Balaban J connectivity index is 1.23. The molecule has 0 radical (unpaired) electrons. The molecule has 1 fully saturated rings. The summed E-state index contributed by atoms with van der Waals surface area (Å²) < 4.78 is 31.9. The molecule has 1 saturated carbocycles. The number of nitrogens with one attached hydrogen (secondary N) is 2. The second-order valence-corrected chi connectivity index (χ2v) is 7.61. The summed E-state index contributed by atoms with van der Waals surface area (Å²) in [6.07, 6.45) is 3.49. The quantitative estimate of drug-likeness (QED) is 0.772. The van der Waals surface area contributed by atoms with Gasteiger partial charge in [-0.1, -0.05) is 6.07 Å². The van der Waals surface area contributed by atoms with Crippen LogP contribution >= 0.6 is 0 Å². The number of nitrogens with zero attached hydrogens (tertiary/aromatic N) is 3. The molecule has 29 heavy (non-hydrogen) atoms. The first kappa shape index (κ1) is 19.5. The first-order valence-electron chi connectivity index (χ1n) is 9.61. The number of aromatic nitrogens is 2. The van der Waals surface area contributed by atoms with E-state index in [9.17, 15) is 13.6 Å². The molecule has 1 aliphatic heterocycles. The van der Waals surface area contributed by atoms with E-state index < -0.39 is 11.6 Å². The lowest BCUT2D eigenvalue weighted by Crippen LogP contribution is -2.44. The first-order valence-corrected chi connectivity index (χ1v) is 9.61. The number of likely N-dealkylation sites (N-methyl/N-ethyl adjacent to an activating group) is 1. The van der Waals surface area contributed by atoms with Gasteiger partial charge in [0, 0.05) is 13.6 Å².